The van der Waals surface area contributed by atoms with Crippen LogP contribution >= 0.6 is 11.3 Å². The highest BCUT2D eigenvalue weighted by Gasteiger charge is 2.10. The molecule has 0 unspecified atom stereocenters. The maximum absolute atomic E-state index is 11.4. The number of nitrogens with zero attached hydrogens (tertiary/aromatic N) is 2. The molecule has 0 saturated carbocycles. The van der Waals surface area contributed by atoms with Crippen LogP contribution in [0.3, 0.4) is 0 Å². The molecule has 0 radical (unpaired) electrons. The van der Waals surface area contributed by atoms with Crippen LogP contribution in [0.25, 0.3) is 0 Å². The van der Waals surface area contributed by atoms with Crippen LogP contribution in [-0.4, -0.2) is 0 Å². The fourth-order valence-electron chi connectivity index (χ4n) is 1.21. The molecular weight excluding hydrogens is 228 g/mol. The summed E-state index contributed by atoms with van der Waals surface area (Å²) in [5, 5.41) is 29.3. The first kappa shape index (κ1) is 10.5. The van der Waals surface area contributed by atoms with Gasteiger partial charge in [0.2, 0.25) is 0 Å². The first-order valence-electron chi connectivity index (χ1n) is 4.55. The Bertz CT molecular complexity index is 487. The number of thiophene rings is 1. The fraction of sp³-hybridized carbons (Fsp3) is 0.111. The Labute approximate surface area is 95.7 Å². The van der Waals surface area contributed by atoms with Gasteiger partial charge in [0.1, 0.15) is 6.54 Å². The molecule has 0 aliphatic heterocycles. The van der Waals surface area contributed by atoms with Crippen LogP contribution in [0.5, 0.6) is 0 Å². The van der Waals surface area contributed by atoms with Crippen LogP contribution in [-0.2, 0) is 6.54 Å². The van der Waals surface area contributed by atoms with Crippen molar-refractivity contribution >= 4 is 23.0 Å². The highest BCUT2D eigenvalue weighted by Crippen LogP contribution is 2.08. The van der Waals surface area contributed by atoms with E-state index < -0.39 is 0 Å². The van der Waals surface area contributed by atoms with Crippen molar-refractivity contribution in [3.05, 3.63) is 44.9 Å². The number of nitrogens with two attached hydrogens (primary N) is 1. The second-order valence-electron chi connectivity index (χ2n) is 3.17. The lowest BCUT2D eigenvalue weighted by Gasteiger charge is -2.12. The van der Waals surface area contributed by atoms with E-state index >= 15 is 0 Å². The Morgan fingerprint density at radius 3 is 2.75 bits per heavy atom. The fourth-order valence-corrected chi connectivity index (χ4v) is 1.88. The molecule has 2 rings (SSSR count). The summed E-state index contributed by atoms with van der Waals surface area (Å²) in [7, 11) is 0. The van der Waals surface area contributed by atoms with E-state index in [1.54, 1.807) is 11.3 Å². The van der Waals surface area contributed by atoms with E-state index in [9.17, 15) is 10.4 Å². The minimum atomic E-state index is -0.129. The van der Waals surface area contributed by atoms with Crippen molar-refractivity contribution in [1.82, 2.24) is 0 Å². The predicted octanol–water partition coefficient (Wildman–Crippen LogP) is 0.209. The summed E-state index contributed by atoms with van der Waals surface area (Å²) in [4.78, 5) is 0.275. The topological polar surface area (TPSA) is 91.9 Å². The molecule has 0 aliphatic rings. The second-order valence-corrected chi connectivity index (χ2v) is 3.95. The Morgan fingerprint density at radius 2 is 2.06 bits per heavy atom. The monoisotopic (exact) mass is 238 g/mol. The molecule has 3 N–H and O–H groups in total. The van der Waals surface area contributed by atoms with E-state index in [1.165, 1.54) is 12.1 Å². The molecule has 2 heterocycles. The van der Waals surface area contributed by atoms with E-state index in [-0.39, 0.29) is 21.3 Å². The largest absolute Gasteiger partial charge is 0.675 e. The molecule has 6 nitrogen and oxygen atoms in total. The average Bonchev–Trinajstić information content (AvgIpc) is 2.78. The van der Waals surface area contributed by atoms with E-state index in [4.69, 9.17) is 5.73 Å². The maximum Gasteiger partial charge on any atom is 0.315 e. The number of aromatic nitrogens is 2. The first-order chi connectivity index (χ1) is 7.68. The summed E-state index contributed by atoms with van der Waals surface area (Å²) in [6, 6.07) is 4.80. The Balaban J connectivity index is 2.13. The molecule has 0 saturated heterocycles. The minimum absolute atomic E-state index is 0.0932. The van der Waals surface area contributed by atoms with E-state index in [0.717, 1.165) is 5.56 Å². The van der Waals surface area contributed by atoms with Gasteiger partial charge in [-0.15, -0.1) is 0 Å². The van der Waals surface area contributed by atoms with Crippen molar-refractivity contribution in [2.75, 3.05) is 11.1 Å². The Hall–Kier alpha value is -2.02. The van der Waals surface area contributed by atoms with Gasteiger partial charge in [-0.25, -0.2) is 0 Å². The molecule has 0 aliphatic carbocycles. The third-order valence-electron chi connectivity index (χ3n) is 2.06. The van der Waals surface area contributed by atoms with Gasteiger partial charge in [0.25, 0.3) is 0 Å². The molecule has 0 spiro atoms. The maximum atomic E-state index is 11.4. The number of nitrogen functional groups attached to an aromatic ring is 1. The summed E-state index contributed by atoms with van der Waals surface area (Å²) in [5.41, 5.74) is 6.34. The first-order valence-corrected chi connectivity index (χ1v) is 5.49. The quantitative estimate of drug-likeness (QED) is 0.590. The van der Waals surface area contributed by atoms with E-state index in [2.05, 4.69) is 5.32 Å². The van der Waals surface area contributed by atoms with Gasteiger partial charge in [-0.2, -0.15) is 11.3 Å². The molecule has 0 fully saturated rings. The molecular formula is C9H10N4O2S. The molecule has 2 aromatic rings. The number of rotatable bonds is 3. The number of anilines is 2. The average molecular weight is 238 g/mol. The normalized spacial score (nSPS) is 10.2. The van der Waals surface area contributed by atoms with Crippen molar-refractivity contribution < 1.29 is 9.69 Å². The Morgan fingerprint density at radius 1 is 1.25 bits per heavy atom. The zero-order chi connectivity index (χ0) is 11.5. The zero-order valence-corrected chi connectivity index (χ0v) is 9.11. The highest BCUT2D eigenvalue weighted by atomic mass is 32.1. The van der Waals surface area contributed by atoms with Crippen molar-refractivity contribution in [3.63, 3.8) is 0 Å². The van der Waals surface area contributed by atoms with Gasteiger partial charge in [-0.05, 0) is 16.8 Å². The highest BCUT2D eigenvalue weighted by molar-refractivity contribution is 7.07. The summed E-state index contributed by atoms with van der Waals surface area (Å²) in [5.74, 6) is 0.0477. The summed E-state index contributed by atoms with van der Waals surface area (Å²) < 4.78 is 0. The van der Waals surface area contributed by atoms with Crippen LogP contribution in [0.4, 0.5) is 11.6 Å². The van der Waals surface area contributed by atoms with Gasteiger partial charge in [-0.3, -0.25) is 11.1 Å². The molecule has 84 valence electrons. The lowest BCUT2D eigenvalue weighted by atomic mass is 10.3. The molecule has 0 aromatic carbocycles. The lowest BCUT2D eigenvalue weighted by Crippen LogP contribution is -2.62. The molecule has 0 amide bonds. The molecule has 0 bridgehead atoms. The third kappa shape index (κ3) is 1.98. The number of hydrogen-bond acceptors (Lipinski definition) is 5. The number of nitrogens with one attached hydrogen (secondary N) is 1. The van der Waals surface area contributed by atoms with Crippen molar-refractivity contribution in [1.29, 1.82) is 0 Å². The second kappa shape index (κ2) is 4.23. The summed E-state index contributed by atoms with van der Waals surface area (Å²) in [6.07, 6.45) is 0. The van der Waals surface area contributed by atoms with Crippen LogP contribution in [0.15, 0.2) is 29.0 Å². The molecule has 16 heavy (non-hydrogen) atoms. The van der Waals surface area contributed by atoms with Gasteiger partial charge >= 0.3 is 11.6 Å². The molecule has 7 heteroatoms. The SMILES string of the molecule is Nc1ccc(NCc2ccsc2)[n+]([O-])[n+]1[O-]. The van der Waals surface area contributed by atoms with Crippen LogP contribution in [0, 0.1) is 10.4 Å². The standard InChI is InChI=1S/C9H10N4O2S/c10-8-1-2-9(13(15)12(8)14)11-5-7-3-4-16-6-7/h1-4,6,11H,5,10H2. The Kier molecular flexibility index (Phi) is 2.78. The van der Waals surface area contributed by atoms with Gasteiger partial charge in [0.15, 0.2) is 0 Å². The number of hydrogen-bond donors (Lipinski definition) is 2. The van der Waals surface area contributed by atoms with Gasteiger partial charge in [0.05, 0.1) is 0 Å². The summed E-state index contributed by atoms with van der Waals surface area (Å²) in [6.45, 7) is 0.496. The molecule has 2 aromatic heterocycles. The van der Waals surface area contributed by atoms with Crippen molar-refractivity contribution in [2.45, 2.75) is 6.54 Å². The minimum Gasteiger partial charge on any atom is -0.675 e. The van der Waals surface area contributed by atoms with E-state index in [1.807, 2.05) is 16.8 Å². The van der Waals surface area contributed by atoms with Gasteiger partial charge in [-0.1, -0.05) is 9.69 Å². The van der Waals surface area contributed by atoms with Crippen molar-refractivity contribution in [2.24, 2.45) is 0 Å². The van der Waals surface area contributed by atoms with Crippen LogP contribution < -0.4 is 20.7 Å². The predicted molar refractivity (Wildman–Crippen MR) is 60.4 cm³/mol. The van der Waals surface area contributed by atoms with Crippen LogP contribution in [0.1, 0.15) is 5.56 Å². The van der Waals surface area contributed by atoms with Gasteiger partial charge < -0.3 is 10.4 Å². The van der Waals surface area contributed by atoms with E-state index in [0.29, 0.717) is 6.54 Å². The van der Waals surface area contributed by atoms with Crippen molar-refractivity contribution in [3.8, 4) is 0 Å². The lowest BCUT2D eigenvalue weighted by molar-refractivity contribution is -1.17. The smallest absolute Gasteiger partial charge is 0.315 e. The third-order valence-corrected chi connectivity index (χ3v) is 2.79. The van der Waals surface area contributed by atoms with Gasteiger partial charge in [0, 0.05) is 17.7 Å². The zero-order valence-electron chi connectivity index (χ0n) is 8.29. The van der Waals surface area contributed by atoms with Crippen LogP contribution in [0.2, 0.25) is 0 Å². The molecule has 0 atom stereocenters. The summed E-state index contributed by atoms with van der Waals surface area (Å²) >= 11 is 1.57.